The number of aromatic nitrogens is 2. The molecule has 0 fully saturated rings. The van der Waals surface area contributed by atoms with Gasteiger partial charge in [-0.3, -0.25) is 9.48 Å². The Morgan fingerprint density at radius 2 is 1.89 bits per heavy atom. The van der Waals surface area contributed by atoms with E-state index in [0.29, 0.717) is 5.56 Å². The number of carbonyl (C=O) groups excluding carboxylic acids is 1. The molecular weight excluding hydrogens is 304 g/mol. The lowest BCUT2D eigenvalue weighted by Crippen LogP contribution is -2.10. The summed E-state index contributed by atoms with van der Waals surface area (Å²) in [6.45, 7) is 0.255. The van der Waals surface area contributed by atoms with Gasteiger partial charge in [-0.1, -0.05) is 52.3 Å². The molecule has 0 aliphatic heterocycles. The van der Waals surface area contributed by atoms with Crippen LogP contribution in [0.15, 0.2) is 59.2 Å². The molecule has 1 aromatic heterocycles. The fourth-order valence-electron chi connectivity index (χ4n) is 2.00. The lowest BCUT2D eigenvalue weighted by atomic mass is 10.1. The summed E-state index contributed by atoms with van der Waals surface area (Å²) < 4.78 is 2.67. The van der Waals surface area contributed by atoms with Gasteiger partial charge in [-0.25, -0.2) is 0 Å². The molecule has 0 atom stereocenters. The predicted molar refractivity (Wildman–Crippen MR) is 78.2 cm³/mol. The number of fused-ring (bicyclic) bond motifs is 1. The zero-order valence-corrected chi connectivity index (χ0v) is 11.7. The van der Waals surface area contributed by atoms with E-state index in [-0.39, 0.29) is 12.3 Å². The van der Waals surface area contributed by atoms with Gasteiger partial charge in [0, 0.05) is 21.6 Å². The maximum absolute atomic E-state index is 12.1. The summed E-state index contributed by atoms with van der Waals surface area (Å²) in [4.78, 5) is 12.1. The Balaban J connectivity index is 1.90. The summed E-state index contributed by atoms with van der Waals surface area (Å²) in [6.07, 6.45) is 1.89. The van der Waals surface area contributed by atoms with Gasteiger partial charge in [-0.15, -0.1) is 0 Å². The molecule has 0 spiro atoms. The van der Waals surface area contributed by atoms with Crippen molar-refractivity contribution in [2.45, 2.75) is 6.54 Å². The van der Waals surface area contributed by atoms with E-state index in [0.717, 1.165) is 15.4 Å². The van der Waals surface area contributed by atoms with Crippen LogP contribution in [0.2, 0.25) is 0 Å². The van der Waals surface area contributed by atoms with Crippen molar-refractivity contribution >= 4 is 32.6 Å². The molecule has 3 aromatic rings. The van der Waals surface area contributed by atoms with Crippen molar-refractivity contribution in [3.63, 3.8) is 0 Å². The Kier molecular flexibility index (Phi) is 3.17. The molecule has 0 amide bonds. The second-order valence-electron chi connectivity index (χ2n) is 4.29. The monoisotopic (exact) mass is 314 g/mol. The smallest absolute Gasteiger partial charge is 0.184 e. The highest BCUT2D eigenvalue weighted by molar-refractivity contribution is 9.10. The Labute approximate surface area is 119 Å². The minimum atomic E-state index is 0.0597. The predicted octanol–water partition coefficient (Wildman–Crippen LogP) is 3.68. The molecule has 0 N–H and O–H groups in total. The lowest BCUT2D eigenvalue weighted by Gasteiger charge is -2.00. The van der Waals surface area contributed by atoms with Crippen LogP contribution in [0.1, 0.15) is 10.4 Å². The summed E-state index contributed by atoms with van der Waals surface area (Å²) in [5.74, 6) is 0.0597. The molecule has 0 saturated carbocycles. The first-order valence-corrected chi connectivity index (χ1v) is 6.73. The van der Waals surface area contributed by atoms with Gasteiger partial charge in [0.1, 0.15) is 6.54 Å². The normalized spacial score (nSPS) is 10.8. The molecule has 0 aliphatic carbocycles. The zero-order chi connectivity index (χ0) is 13.2. The van der Waals surface area contributed by atoms with E-state index < -0.39 is 0 Å². The van der Waals surface area contributed by atoms with Crippen molar-refractivity contribution in [1.29, 1.82) is 0 Å². The van der Waals surface area contributed by atoms with Crippen LogP contribution < -0.4 is 0 Å². The highest BCUT2D eigenvalue weighted by Crippen LogP contribution is 2.22. The quantitative estimate of drug-likeness (QED) is 0.691. The first-order valence-electron chi connectivity index (χ1n) is 5.94. The summed E-state index contributed by atoms with van der Waals surface area (Å²) in [6, 6.07) is 15.1. The third-order valence-corrected chi connectivity index (χ3v) is 3.64. The van der Waals surface area contributed by atoms with Gasteiger partial charge in [0.25, 0.3) is 0 Å². The average Bonchev–Trinajstić information content (AvgIpc) is 2.84. The van der Waals surface area contributed by atoms with Crippen molar-refractivity contribution < 1.29 is 4.79 Å². The van der Waals surface area contributed by atoms with Gasteiger partial charge in [-0.2, -0.15) is 5.10 Å². The molecule has 19 heavy (non-hydrogen) atoms. The van der Waals surface area contributed by atoms with E-state index in [9.17, 15) is 4.79 Å². The van der Waals surface area contributed by atoms with Crippen LogP contribution in [0.5, 0.6) is 0 Å². The third kappa shape index (κ3) is 2.44. The number of Topliss-reactive ketones (excluding diaryl/α,β-unsaturated/α-hetero) is 1. The van der Waals surface area contributed by atoms with E-state index in [1.54, 1.807) is 4.68 Å². The van der Waals surface area contributed by atoms with Gasteiger partial charge < -0.3 is 0 Å². The average molecular weight is 315 g/mol. The van der Waals surface area contributed by atoms with Gasteiger partial charge in [-0.05, 0) is 12.1 Å². The van der Waals surface area contributed by atoms with Gasteiger partial charge >= 0.3 is 0 Å². The Hall–Kier alpha value is -1.94. The third-order valence-electron chi connectivity index (χ3n) is 2.95. The van der Waals surface area contributed by atoms with E-state index in [4.69, 9.17) is 0 Å². The summed E-state index contributed by atoms with van der Waals surface area (Å²) in [5.41, 5.74) is 1.59. The maximum Gasteiger partial charge on any atom is 0.184 e. The van der Waals surface area contributed by atoms with Crippen LogP contribution in [0.3, 0.4) is 0 Å². The summed E-state index contributed by atoms with van der Waals surface area (Å²) >= 11 is 3.48. The molecule has 3 nitrogen and oxygen atoms in total. The molecule has 94 valence electrons. The molecule has 0 radical (unpaired) electrons. The van der Waals surface area contributed by atoms with Crippen molar-refractivity contribution in [2.75, 3.05) is 0 Å². The first kappa shape index (κ1) is 12.1. The van der Waals surface area contributed by atoms with Crippen molar-refractivity contribution in [1.82, 2.24) is 9.78 Å². The number of rotatable bonds is 3. The topological polar surface area (TPSA) is 34.9 Å². The number of halogens is 1. The SMILES string of the molecule is O=C(Cn1cc2c(Br)cccc2n1)c1ccccc1. The van der Waals surface area contributed by atoms with Crippen LogP contribution in [-0.2, 0) is 6.54 Å². The first-order chi connectivity index (χ1) is 9.24. The molecule has 0 bridgehead atoms. The molecule has 1 heterocycles. The Morgan fingerprint density at radius 3 is 2.63 bits per heavy atom. The van der Waals surface area contributed by atoms with Crippen LogP contribution in [0, 0.1) is 0 Å². The molecule has 0 aliphatic rings. The second-order valence-corrected chi connectivity index (χ2v) is 5.14. The number of nitrogens with zero attached hydrogens (tertiary/aromatic N) is 2. The van der Waals surface area contributed by atoms with Gasteiger partial charge in [0.2, 0.25) is 0 Å². The number of hydrogen-bond donors (Lipinski definition) is 0. The van der Waals surface area contributed by atoms with E-state index in [2.05, 4.69) is 21.0 Å². The largest absolute Gasteiger partial charge is 0.292 e. The van der Waals surface area contributed by atoms with Gasteiger partial charge in [0.05, 0.1) is 5.52 Å². The van der Waals surface area contributed by atoms with E-state index in [1.165, 1.54) is 0 Å². The van der Waals surface area contributed by atoms with E-state index in [1.807, 2.05) is 54.7 Å². The number of ketones is 1. The fraction of sp³-hybridized carbons (Fsp3) is 0.0667. The molecular formula is C15H11BrN2O. The molecule has 4 heteroatoms. The van der Waals surface area contributed by atoms with Crippen LogP contribution in [0.4, 0.5) is 0 Å². The van der Waals surface area contributed by atoms with Crippen LogP contribution in [-0.4, -0.2) is 15.6 Å². The minimum absolute atomic E-state index is 0.0597. The Morgan fingerprint density at radius 1 is 1.11 bits per heavy atom. The maximum atomic E-state index is 12.1. The van der Waals surface area contributed by atoms with Crippen molar-refractivity contribution in [3.8, 4) is 0 Å². The number of hydrogen-bond acceptors (Lipinski definition) is 2. The molecule has 2 aromatic carbocycles. The molecule has 0 saturated heterocycles. The number of carbonyl (C=O) groups is 1. The second kappa shape index (κ2) is 4.97. The van der Waals surface area contributed by atoms with Crippen LogP contribution in [0.25, 0.3) is 10.9 Å². The zero-order valence-electron chi connectivity index (χ0n) is 10.1. The number of benzene rings is 2. The van der Waals surface area contributed by atoms with Gasteiger partial charge in [0.15, 0.2) is 5.78 Å². The molecule has 0 unspecified atom stereocenters. The fourth-order valence-corrected chi connectivity index (χ4v) is 2.46. The van der Waals surface area contributed by atoms with Crippen LogP contribution >= 0.6 is 15.9 Å². The van der Waals surface area contributed by atoms with Crippen molar-refractivity contribution in [3.05, 3.63) is 64.8 Å². The Bertz CT molecular complexity index is 734. The summed E-state index contributed by atoms with van der Waals surface area (Å²) in [5, 5.41) is 5.42. The molecule has 3 rings (SSSR count). The highest BCUT2D eigenvalue weighted by atomic mass is 79.9. The minimum Gasteiger partial charge on any atom is -0.292 e. The van der Waals surface area contributed by atoms with Crippen molar-refractivity contribution in [2.24, 2.45) is 0 Å². The summed E-state index contributed by atoms with van der Waals surface area (Å²) in [7, 11) is 0. The van der Waals surface area contributed by atoms with E-state index >= 15 is 0 Å². The highest BCUT2D eigenvalue weighted by Gasteiger charge is 2.09. The standard InChI is InChI=1S/C15H11BrN2O/c16-13-7-4-8-14-12(13)9-18(17-14)10-15(19)11-5-2-1-3-6-11/h1-9H,10H2. The lowest BCUT2D eigenvalue weighted by molar-refractivity contribution is 0.0968.